The van der Waals surface area contributed by atoms with Gasteiger partial charge in [0.15, 0.2) is 0 Å². The summed E-state index contributed by atoms with van der Waals surface area (Å²) in [5, 5.41) is 12.8. The van der Waals surface area contributed by atoms with Crippen LogP contribution in [0.2, 0.25) is 0 Å². The van der Waals surface area contributed by atoms with E-state index in [4.69, 9.17) is 5.11 Å². The number of carbonyl (C=O) groups is 1. The second-order valence-electron chi connectivity index (χ2n) is 5.09. The highest BCUT2D eigenvalue weighted by atomic mass is 32.2. The molecule has 3 nitrogen and oxygen atoms in total. The summed E-state index contributed by atoms with van der Waals surface area (Å²) >= 11 is 3.73. The molecule has 2 heterocycles. The molecule has 0 unspecified atom stereocenters. The number of thiazole rings is 1. The SMILES string of the molecule is O=C(O)c1cc(SCc2nc(-c3cc(F)cc(C(F)(F)F)c3)cs2)cs1. The van der Waals surface area contributed by atoms with E-state index in [1.165, 1.54) is 23.1 Å². The van der Waals surface area contributed by atoms with E-state index in [1.54, 1.807) is 16.8 Å². The number of hydrogen-bond acceptors (Lipinski definition) is 5. The molecule has 0 saturated carbocycles. The molecule has 0 bridgehead atoms. The standard InChI is InChI=1S/C16H9F4NO2S3/c17-10-2-8(1-9(3-10)16(18,19)20)12-6-26-14(21-12)7-24-11-4-13(15(22)23)25-5-11/h1-6H,7H2,(H,22,23). The van der Waals surface area contributed by atoms with Crippen LogP contribution in [0.1, 0.15) is 20.2 Å². The Labute approximate surface area is 157 Å². The molecule has 0 aliphatic heterocycles. The number of halogens is 4. The summed E-state index contributed by atoms with van der Waals surface area (Å²) in [6, 6.07) is 3.88. The summed E-state index contributed by atoms with van der Waals surface area (Å²) in [6.45, 7) is 0. The number of nitrogens with zero attached hydrogens (tertiary/aromatic N) is 1. The molecular weight excluding hydrogens is 410 g/mol. The van der Waals surface area contributed by atoms with Crippen molar-refractivity contribution in [1.29, 1.82) is 0 Å². The van der Waals surface area contributed by atoms with Gasteiger partial charge in [-0.3, -0.25) is 0 Å². The summed E-state index contributed by atoms with van der Waals surface area (Å²) < 4.78 is 51.9. The summed E-state index contributed by atoms with van der Waals surface area (Å²) in [4.78, 5) is 16.1. The third-order valence-electron chi connectivity index (χ3n) is 3.22. The highest BCUT2D eigenvalue weighted by molar-refractivity contribution is 7.98. The Kier molecular flexibility index (Phi) is 5.35. The Morgan fingerprint density at radius 1 is 1.15 bits per heavy atom. The van der Waals surface area contributed by atoms with Crippen LogP contribution < -0.4 is 0 Å². The van der Waals surface area contributed by atoms with E-state index in [0.29, 0.717) is 16.8 Å². The first-order chi connectivity index (χ1) is 12.2. The Morgan fingerprint density at radius 3 is 2.58 bits per heavy atom. The molecule has 0 amide bonds. The lowest BCUT2D eigenvalue weighted by Gasteiger charge is -2.08. The lowest BCUT2D eigenvalue weighted by atomic mass is 10.1. The summed E-state index contributed by atoms with van der Waals surface area (Å²) in [5.41, 5.74) is -0.725. The number of carboxylic acid groups (broad SMARTS) is 1. The number of alkyl halides is 3. The first-order valence-electron chi connectivity index (χ1n) is 6.99. The number of aromatic carboxylic acids is 1. The molecular formula is C16H9F4NO2S3. The molecule has 0 atom stereocenters. The van der Waals surface area contributed by atoms with Crippen molar-refractivity contribution >= 4 is 40.4 Å². The van der Waals surface area contributed by atoms with Crippen LogP contribution in [0.5, 0.6) is 0 Å². The third-order valence-corrected chi connectivity index (χ3v) is 6.31. The van der Waals surface area contributed by atoms with Crippen LogP contribution in [0.3, 0.4) is 0 Å². The second-order valence-corrected chi connectivity index (χ2v) is 8.00. The molecule has 0 radical (unpaired) electrons. The summed E-state index contributed by atoms with van der Waals surface area (Å²) in [6.07, 6.45) is -4.63. The predicted molar refractivity (Wildman–Crippen MR) is 93.3 cm³/mol. The van der Waals surface area contributed by atoms with Crippen LogP contribution in [0, 0.1) is 5.82 Å². The van der Waals surface area contributed by atoms with E-state index >= 15 is 0 Å². The highest BCUT2D eigenvalue weighted by Gasteiger charge is 2.31. The second kappa shape index (κ2) is 7.37. The average molecular weight is 419 g/mol. The molecule has 1 N–H and O–H groups in total. The quantitative estimate of drug-likeness (QED) is 0.406. The van der Waals surface area contributed by atoms with Crippen molar-refractivity contribution in [3.63, 3.8) is 0 Å². The summed E-state index contributed by atoms with van der Waals surface area (Å²) in [7, 11) is 0. The number of thioether (sulfide) groups is 1. The lowest BCUT2D eigenvalue weighted by molar-refractivity contribution is -0.137. The minimum atomic E-state index is -4.63. The van der Waals surface area contributed by atoms with Crippen molar-refractivity contribution in [2.75, 3.05) is 0 Å². The van der Waals surface area contributed by atoms with E-state index < -0.39 is 23.5 Å². The molecule has 3 rings (SSSR count). The van der Waals surface area contributed by atoms with E-state index in [0.717, 1.165) is 28.4 Å². The van der Waals surface area contributed by atoms with Crippen LogP contribution in [0.15, 0.2) is 39.9 Å². The number of aromatic nitrogens is 1. The van der Waals surface area contributed by atoms with Gasteiger partial charge in [-0.15, -0.1) is 34.4 Å². The maximum atomic E-state index is 13.5. The first-order valence-corrected chi connectivity index (χ1v) is 9.74. The van der Waals surface area contributed by atoms with Crippen LogP contribution in [0.4, 0.5) is 17.6 Å². The van der Waals surface area contributed by atoms with Crippen LogP contribution in [0.25, 0.3) is 11.3 Å². The smallest absolute Gasteiger partial charge is 0.416 e. The van der Waals surface area contributed by atoms with Gasteiger partial charge in [0.1, 0.15) is 15.7 Å². The normalized spacial score (nSPS) is 11.7. The van der Waals surface area contributed by atoms with E-state index in [1.807, 2.05) is 0 Å². The molecule has 136 valence electrons. The number of rotatable bonds is 5. The van der Waals surface area contributed by atoms with Gasteiger partial charge >= 0.3 is 12.1 Å². The monoisotopic (exact) mass is 419 g/mol. The Balaban J connectivity index is 1.75. The van der Waals surface area contributed by atoms with Crippen molar-refractivity contribution in [3.05, 3.63) is 56.3 Å². The minimum Gasteiger partial charge on any atom is -0.477 e. The topological polar surface area (TPSA) is 50.2 Å². The number of carboxylic acids is 1. The van der Waals surface area contributed by atoms with Gasteiger partial charge in [0.2, 0.25) is 0 Å². The predicted octanol–water partition coefficient (Wildman–Crippen LogP) is 6.02. The molecule has 0 aliphatic rings. The maximum absolute atomic E-state index is 13.5. The molecule has 1 aromatic carbocycles. The zero-order chi connectivity index (χ0) is 18.9. The molecule has 0 saturated heterocycles. The largest absolute Gasteiger partial charge is 0.477 e. The van der Waals surface area contributed by atoms with Gasteiger partial charge in [-0.1, -0.05) is 0 Å². The van der Waals surface area contributed by atoms with E-state index in [2.05, 4.69) is 4.98 Å². The zero-order valence-electron chi connectivity index (χ0n) is 12.7. The fraction of sp³-hybridized carbons (Fsp3) is 0.125. The fourth-order valence-corrected chi connectivity index (χ4v) is 4.75. The van der Waals surface area contributed by atoms with Gasteiger partial charge in [0.05, 0.1) is 17.0 Å². The van der Waals surface area contributed by atoms with Crippen LogP contribution >= 0.6 is 34.4 Å². The average Bonchev–Trinajstić information content (AvgIpc) is 3.21. The van der Waals surface area contributed by atoms with Crippen molar-refractivity contribution < 1.29 is 27.5 Å². The highest BCUT2D eigenvalue weighted by Crippen LogP contribution is 2.34. The number of benzene rings is 1. The van der Waals surface area contributed by atoms with Gasteiger partial charge in [-0.2, -0.15) is 13.2 Å². The molecule has 10 heteroatoms. The van der Waals surface area contributed by atoms with Gasteiger partial charge < -0.3 is 5.11 Å². The van der Waals surface area contributed by atoms with Gasteiger partial charge in [0.25, 0.3) is 0 Å². The lowest BCUT2D eigenvalue weighted by Crippen LogP contribution is -2.05. The van der Waals surface area contributed by atoms with Gasteiger partial charge in [-0.05, 0) is 24.3 Å². The maximum Gasteiger partial charge on any atom is 0.416 e. The molecule has 3 aromatic rings. The molecule has 2 aromatic heterocycles. The molecule has 0 fully saturated rings. The van der Waals surface area contributed by atoms with Crippen molar-refractivity contribution in [3.8, 4) is 11.3 Å². The van der Waals surface area contributed by atoms with Crippen LogP contribution in [-0.4, -0.2) is 16.1 Å². The van der Waals surface area contributed by atoms with Crippen molar-refractivity contribution in [1.82, 2.24) is 4.98 Å². The number of thiophene rings is 1. The Bertz CT molecular complexity index is 949. The van der Waals surface area contributed by atoms with Crippen molar-refractivity contribution in [2.45, 2.75) is 16.8 Å². The number of hydrogen-bond donors (Lipinski definition) is 1. The van der Waals surface area contributed by atoms with Crippen LogP contribution in [-0.2, 0) is 11.9 Å². The minimum absolute atomic E-state index is 0.0634. The zero-order valence-corrected chi connectivity index (χ0v) is 15.2. The van der Waals surface area contributed by atoms with Gasteiger partial charge in [0, 0.05) is 21.2 Å². The Morgan fingerprint density at radius 2 is 1.92 bits per heavy atom. The first kappa shape index (κ1) is 18.9. The Hall–Kier alpha value is -1.91. The summed E-state index contributed by atoms with van der Waals surface area (Å²) in [5.74, 6) is -1.54. The molecule has 0 aliphatic carbocycles. The van der Waals surface area contributed by atoms with Gasteiger partial charge in [-0.25, -0.2) is 14.2 Å². The third kappa shape index (κ3) is 4.43. The fourth-order valence-electron chi connectivity index (χ4n) is 2.06. The van der Waals surface area contributed by atoms with Crippen molar-refractivity contribution in [2.24, 2.45) is 0 Å². The van der Waals surface area contributed by atoms with E-state index in [9.17, 15) is 22.4 Å². The molecule has 26 heavy (non-hydrogen) atoms. The van der Waals surface area contributed by atoms with E-state index in [-0.39, 0.29) is 16.1 Å². The molecule has 0 spiro atoms.